The molecule has 2 heterocycles. The molecule has 0 aromatic heterocycles. The van der Waals surface area contributed by atoms with E-state index in [9.17, 15) is 4.79 Å². The average Bonchev–Trinajstić information content (AvgIpc) is 2.81. The van der Waals surface area contributed by atoms with Crippen molar-refractivity contribution < 1.29 is 19.5 Å². The van der Waals surface area contributed by atoms with E-state index < -0.39 is 5.97 Å². The summed E-state index contributed by atoms with van der Waals surface area (Å²) in [6.07, 6.45) is 8.71. The highest BCUT2D eigenvalue weighted by molar-refractivity contribution is 5.72. The standard InChI is InChI=1S/C28H34N2O4/c1-19-13-21(8-9-24(19)22-5-3-2-4-6-22)18-34-29-26-11-12-33-27-14-20(7-10-25(26)27)15-30-16-23(17-30)28(31)32/h7-11,13-14,22-23,29H,2-6,12,15-18H2,1H3,(H,31,32). The molecule has 34 heavy (non-hydrogen) atoms. The zero-order chi connectivity index (χ0) is 23.5. The summed E-state index contributed by atoms with van der Waals surface area (Å²) in [6, 6.07) is 12.9. The Labute approximate surface area is 201 Å². The van der Waals surface area contributed by atoms with Crippen molar-refractivity contribution in [3.63, 3.8) is 0 Å². The van der Waals surface area contributed by atoms with Crippen molar-refractivity contribution >= 4 is 11.7 Å². The number of aliphatic carboxylic acids is 1. The molecule has 6 nitrogen and oxygen atoms in total. The molecule has 2 N–H and O–H groups in total. The van der Waals surface area contributed by atoms with Crippen molar-refractivity contribution in [2.75, 3.05) is 19.7 Å². The van der Waals surface area contributed by atoms with Gasteiger partial charge < -0.3 is 9.84 Å². The van der Waals surface area contributed by atoms with Crippen molar-refractivity contribution in [3.8, 4) is 5.75 Å². The van der Waals surface area contributed by atoms with Gasteiger partial charge in [-0.1, -0.05) is 43.5 Å². The first-order chi connectivity index (χ1) is 16.6. The van der Waals surface area contributed by atoms with Crippen LogP contribution in [0.5, 0.6) is 5.75 Å². The monoisotopic (exact) mass is 462 g/mol. The quantitative estimate of drug-likeness (QED) is 0.537. The molecule has 0 atom stereocenters. The Balaban J connectivity index is 1.15. The van der Waals surface area contributed by atoms with E-state index in [0.717, 1.165) is 35.0 Å². The van der Waals surface area contributed by atoms with E-state index in [1.54, 1.807) is 0 Å². The van der Waals surface area contributed by atoms with Crippen molar-refractivity contribution in [1.29, 1.82) is 0 Å². The summed E-state index contributed by atoms with van der Waals surface area (Å²) in [5.41, 5.74) is 10.2. The van der Waals surface area contributed by atoms with Crippen LogP contribution >= 0.6 is 0 Å². The van der Waals surface area contributed by atoms with Crippen LogP contribution in [0.1, 0.15) is 65.8 Å². The van der Waals surface area contributed by atoms with Gasteiger partial charge in [-0.15, -0.1) is 0 Å². The largest absolute Gasteiger partial charge is 0.489 e. The number of fused-ring (bicyclic) bond motifs is 1. The van der Waals surface area contributed by atoms with E-state index in [4.69, 9.17) is 14.7 Å². The summed E-state index contributed by atoms with van der Waals surface area (Å²) in [4.78, 5) is 19.0. The molecule has 3 aliphatic rings. The third-order valence-corrected chi connectivity index (χ3v) is 7.38. The summed E-state index contributed by atoms with van der Waals surface area (Å²) < 4.78 is 5.85. The Kier molecular flexibility index (Phi) is 6.88. The maximum absolute atomic E-state index is 11.0. The molecular formula is C28H34N2O4. The third kappa shape index (κ3) is 5.13. The van der Waals surface area contributed by atoms with E-state index in [0.29, 0.717) is 26.3 Å². The molecule has 2 aromatic rings. The molecule has 2 aliphatic heterocycles. The topological polar surface area (TPSA) is 71.0 Å². The number of hydrogen-bond donors (Lipinski definition) is 2. The van der Waals surface area contributed by atoms with E-state index >= 15 is 0 Å². The second-order valence-corrected chi connectivity index (χ2v) is 9.91. The first-order valence-electron chi connectivity index (χ1n) is 12.5. The maximum atomic E-state index is 11.0. The molecule has 1 saturated heterocycles. The third-order valence-electron chi connectivity index (χ3n) is 7.38. The summed E-state index contributed by atoms with van der Waals surface area (Å²) in [5, 5.41) is 9.06. The number of carboxylic acid groups (broad SMARTS) is 1. The van der Waals surface area contributed by atoms with Crippen LogP contribution in [0.3, 0.4) is 0 Å². The van der Waals surface area contributed by atoms with Gasteiger partial charge in [-0.2, -0.15) is 0 Å². The Morgan fingerprint density at radius 1 is 1.12 bits per heavy atom. The fourth-order valence-corrected chi connectivity index (χ4v) is 5.44. The predicted molar refractivity (Wildman–Crippen MR) is 131 cm³/mol. The SMILES string of the molecule is Cc1cc(CONC2=CCOc3cc(CN4CC(C(=O)O)C4)ccc32)ccc1C1CCCCC1. The molecular weight excluding hydrogens is 428 g/mol. The molecule has 6 heteroatoms. The number of carboxylic acids is 1. The smallest absolute Gasteiger partial charge is 0.309 e. The van der Waals surface area contributed by atoms with Gasteiger partial charge in [-0.3, -0.25) is 20.0 Å². The van der Waals surface area contributed by atoms with Crippen molar-refractivity contribution in [2.24, 2.45) is 5.92 Å². The maximum Gasteiger partial charge on any atom is 0.309 e. The van der Waals surface area contributed by atoms with Crippen molar-refractivity contribution in [2.45, 2.75) is 58.1 Å². The Hall–Kier alpha value is -2.83. The number of hydrogen-bond acceptors (Lipinski definition) is 5. The minimum atomic E-state index is -0.707. The van der Waals surface area contributed by atoms with E-state index in [-0.39, 0.29) is 5.92 Å². The lowest BCUT2D eigenvalue weighted by atomic mass is 9.82. The molecule has 0 bridgehead atoms. The lowest BCUT2D eigenvalue weighted by molar-refractivity contribution is -0.147. The van der Waals surface area contributed by atoms with Crippen LogP contribution in [0.4, 0.5) is 0 Å². The van der Waals surface area contributed by atoms with Gasteiger partial charge in [0.1, 0.15) is 12.4 Å². The second kappa shape index (κ2) is 10.2. The number of hydroxylamine groups is 1. The van der Waals surface area contributed by atoms with Gasteiger partial charge in [0.25, 0.3) is 0 Å². The fraction of sp³-hybridized carbons (Fsp3) is 0.464. The number of nitrogens with one attached hydrogen (secondary N) is 1. The van der Waals surface area contributed by atoms with E-state index in [1.807, 2.05) is 18.2 Å². The zero-order valence-electron chi connectivity index (χ0n) is 19.9. The van der Waals surface area contributed by atoms with Gasteiger partial charge in [0.2, 0.25) is 0 Å². The minimum absolute atomic E-state index is 0.239. The van der Waals surface area contributed by atoms with Crippen LogP contribution in [-0.4, -0.2) is 35.7 Å². The molecule has 0 amide bonds. The molecule has 2 aromatic carbocycles. The van der Waals surface area contributed by atoms with Crippen LogP contribution < -0.4 is 10.2 Å². The number of rotatable bonds is 8. The highest BCUT2D eigenvalue weighted by Crippen LogP contribution is 2.35. The first-order valence-corrected chi connectivity index (χ1v) is 12.5. The number of carbonyl (C=O) groups is 1. The number of ether oxygens (including phenoxy) is 1. The zero-order valence-corrected chi connectivity index (χ0v) is 19.9. The predicted octanol–water partition coefficient (Wildman–Crippen LogP) is 5.01. The summed E-state index contributed by atoms with van der Waals surface area (Å²) >= 11 is 0. The molecule has 0 spiro atoms. The van der Waals surface area contributed by atoms with Gasteiger partial charge in [-0.25, -0.2) is 0 Å². The van der Waals surface area contributed by atoms with Gasteiger partial charge in [0, 0.05) is 25.2 Å². The highest BCUT2D eigenvalue weighted by atomic mass is 16.6. The highest BCUT2D eigenvalue weighted by Gasteiger charge is 2.32. The average molecular weight is 463 g/mol. The van der Waals surface area contributed by atoms with Crippen LogP contribution in [0.2, 0.25) is 0 Å². The van der Waals surface area contributed by atoms with Crippen LogP contribution in [-0.2, 0) is 22.8 Å². The van der Waals surface area contributed by atoms with Gasteiger partial charge in [-0.05, 0) is 66.1 Å². The van der Waals surface area contributed by atoms with Crippen LogP contribution in [0, 0.1) is 12.8 Å². The number of nitrogens with zero attached hydrogens (tertiary/aromatic N) is 1. The van der Waals surface area contributed by atoms with Gasteiger partial charge in [0.15, 0.2) is 0 Å². The number of aryl methyl sites for hydroxylation is 1. The van der Waals surface area contributed by atoms with Crippen molar-refractivity contribution in [3.05, 3.63) is 70.3 Å². The Morgan fingerprint density at radius 3 is 2.68 bits per heavy atom. The van der Waals surface area contributed by atoms with E-state index in [1.165, 1.54) is 48.8 Å². The number of likely N-dealkylation sites (tertiary alicyclic amines) is 1. The molecule has 5 rings (SSSR count). The molecule has 180 valence electrons. The Morgan fingerprint density at radius 2 is 1.91 bits per heavy atom. The summed E-state index contributed by atoms with van der Waals surface area (Å²) in [5.74, 6) is 0.600. The lowest BCUT2D eigenvalue weighted by Gasteiger charge is -2.36. The van der Waals surface area contributed by atoms with Crippen LogP contribution in [0.25, 0.3) is 5.70 Å². The Bertz CT molecular complexity index is 1070. The summed E-state index contributed by atoms with van der Waals surface area (Å²) in [6.45, 7) is 5.15. The van der Waals surface area contributed by atoms with Crippen molar-refractivity contribution in [1.82, 2.24) is 10.4 Å². The normalized spacial score (nSPS) is 19.0. The first kappa shape index (κ1) is 22.9. The molecule has 2 fully saturated rings. The fourth-order valence-electron chi connectivity index (χ4n) is 5.44. The molecule has 1 aliphatic carbocycles. The van der Waals surface area contributed by atoms with Gasteiger partial charge in [0.05, 0.1) is 18.2 Å². The second-order valence-electron chi connectivity index (χ2n) is 9.91. The molecule has 1 saturated carbocycles. The van der Waals surface area contributed by atoms with Crippen LogP contribution in [0.15, 0.2) is 42.5 Å². The molecule has 0 unspecified atom stereocenters. The lowest BCUT2D eigenvalue weighted by Crippen LogP contribution is -2.49. The van der Waals surface area contributed by atoms with Gasteiger partial charge >= 0.3 is 5.97 Å². The van der Waals surface area contributed by atoms with E-state index in [2.05, 4.69) is 41.6 Å². The molecule has 0 radical (unpaired) electrons. The number of benzene rings is 2. The minimum Gasteiger partial charge on any atom is -0.489 e. The summed E-state index contributed by atoms with van der Waals surface area (Å²) in [7, 11) is 0.